The highest BCUT2D eigenvalue weighted by atomic mass is 15.2. The van der Waals surface area contributed by atoms with Crippen LogP contribution in [-0.2, 0) is 0 Å². The average Bonchev–Trinajstić information content (AvgIpc) is 2.36. The summed E-state index contributed by atoms with van der Waals surface area (Å²) in [7, 11) is 0. The first-order valence-electron chi connectivity index (χ1n) is 4.49. The highest BCUT2D eigenvalue weighted by Crippen LogP contribution is 2.18. The van der Waals surface area contributed by atoms with E-state index in [9.17, 15) is 0 Å². The third-order valence-electron chi connectivity index (χ3n) is 2.48. The summed E-state index contributed by atoms with van der Waals surface area (Å²) in [5, 5.41) is 8.74. The van der Waals surface area contributed by atoms with Crippen LogP contribution in [0.25, 0.3) is 0 Å². The number of hydrogen-bond donors (Lipinski definition) is 1. The zero-order valence-corrected chi connectivity index (χ0v) is 7.88. The van der Waals surface area contributed by atoms with Crippen molar-refractivity contribution in [3.05, 3.63) is 0 Å². The summed E-state index contributed by atoms with van der Waals surface area (Å²) >= 11 is 0. The van der Waals surface area contributed by atoms with E-state index < -0.39 is 5.54 Å². The molecule has 3 nitrogen and oxygen atoms in total. The molecule has 2 N–H and O–H groups in total. The molecule has 0 spiro atoms. The average molecular weight is 167 g/mol. The lowest BCUT2D eigenvalue weighted by atomic mass is 10.1. The second-order valence-corrected chi connectivity index (χ2v) is 3.99. The normalized spacial score (nSPS) is 29.7. The number of likely N-dealkylation sites (tertiary alicyclic amines) is 1. The molecule has 1 heterocycles. The van der Waals surface area contributed by atoms with Crippen molar-refractivity contribution in [3.63, 3.8) is 0 Å². The van der Waals surface area contributed by atoms with Gasteiger partial charge in [0.1, 0.15) is 5.54 Å². The first-order valence-corrected chi connectivity index (χ1v) is 4.49. The van der Waals surface area contributed by atoms with Gasteiger partial charge in [0.15, 0.2) is 0 Å². The van der Waals surface area contributed by atoms with Crippen LogP contribution in [0.5, 0.6) is 0 Å². The van der Waals surface area contributed by atoms with E-state index >= 15 is 0 Å². The summed E-state index contributed by atoms with van der Waals surface area (Å²) < 4.78 is 0. The topological polar surface area (TPSA) is 53.0 Å². The SMILES string of the molecule is CC1CCCN1CC(C)(N)C#N. The molecule has 0 aromatic carbocycles. The molecule has 1 saturated heterocycles. The van der Waals surface area contributed by atoms with E-state index in [4.69, 9.17) is 11.0 Å². The largest absolute Gasteiger partial charge is 0.313 e. The number of nitrogens with two attached hydrogens (primary N) is 1. The molecule has 0 bridgehead atoms. The van der Waals surface area contributed by atoms with E-state index in [2.05, 4.69) is 17.9 Å². The lowest BCUT2D eigenvalue weighted by molar-refractivity contribution is 0.235. The second kappa shape index (κ2) is 3.42. The van der Waals surface area contributed by atoms with Gasteiger partial charge in [-0.3, -0.25) is 4.90 Å². The van der Waals surface area contributed by atoms with Crippen molar-refractivity contribution in [1.82, 2.24) is 4.90 Å². The standard InChI is InChI=1S/C9H17N3/c1-8-4-3-5-12(8)7-9(2,11)6-10/h8H,3-5,7,11H2,1-2H3. The molecule has 1 rings (SSSR count). The van der Waals surface area contributed by atoms with Gasteiger partial charge in [0, 0.05) is 12.6 Å². The van der Waals surface area contributed by atoms with Gasteiger partial charge in [-0.05, 0) is 33.2 Å². The molecule has 0 aromatic heterocycles. The Balaban J connectivity index is 2.46. The molecule has 3 heteroatoms. The summed E-state index contributed by atoms with van der Waals surface area (Å²) in [5.74, 6) is 0. The Morgan fingerprint density at radius 3 is 2.83 bits per heavy atom. The molecule has 1 aliphatic heterocycles. The summed E-state index contributed by atoms with van der Waals surface area (Å²) in [6, 6.07) is 2.72. The van der Waals surface area contributed by atoms with E-state index in [-0.39, 0.29) is 0 Å². The Morgan fingerprint density at radius 1 is 1.75 bits per heavy atom. The number of nitrogens with zero attached hydrogens (tertiary/aromatic N) is 2. The molecule has 0 saturated carbocycles. The molecule has 12 heavy (non-hydrogen) atoms. The monoisotopic (exact) mass is 167 g/mol. The third kappa shape index (κ3) is 2.20. The van der Waals surface area contributed by atoms with Crippen LogP contribution >= 0.6 is 0 Å². The van der Waals surface area contributed by atoms with Gasteiger partial charge in [0.05, 0.1) is 6.07 Å². The van der Waals surface area contributed by atoms with E-state index in [0.717, 1.165) is 6.54 Å². The van der Waals surface area contributed by atoms with Crippen LogP contribution in [-0.4, -0.2) is 29.6 Å². The van der Waals surface area contributed by atoms with Crippen molar-refractivity contribution < 1.29 is 0 Å². The fraction of sp³-hybridized carbons (Fsp3) is 0.889. The lowest BCUT2D eigenvalue weighted by Crippen LogP contribution is -2.47. The summed E-state index contributed by atoms with van der Waals surface area (Å²) in [6.45, 7) is 5.78. The number of rotatable bonds is 2. The van der Waals surface area contributed by atoms with Gasteiger partial charge in [0.2, 0.25) is 0 Å². The molecule has 68 valence electrons. The van der Waals surface area contributed by atoms with Crippen molar-refractivity contribution in [2.24, 2.45) is 5.73 Å². The fourth-order valence-electron chi connectivity index (χ4n) is 1.68. The van der Waals surface area contributed by atoms with Crippen molar-refractivity contribution in [3.8, 4) is 6.07 Å². The van der Waals surface area contributed by atoms with Gasteiger partial charge in [-0.1, -0.05) is 0 Å². The van der Waals surface area contributed by atoms with E-state index in [1.54, 1.807) is 6.92 Å². The predicted molar refractivity (Wildman–Crippen MR) is 48.5 cm³/mol. The zero-order valence-electron chi connectivity index (χ0n) is 7.88. The molecule has 2 atom stereocenters. The van der Waals surface area contributed by atoms with Crippen LogP contribution < -0.4 is 5.73 Å². The molecule has 2 unspecified atom stereocenters. The first-order chi connectivity index (χ1) is 5.55. The third-order valence-corrected chi connectivity index (χ3v) is 2.48. The minimum atomic E-state index is -0.682. The van der Waals surface area contributed by atoms with Crippen LogP contribution in [0.2, 0.25) is 0 Å². The molecule has 0 aromatic rings. The van der Waals surface area contributed by atoms with Gasteiger partial charge >= 0.3 is 0 Å². The van der Waals surface area contributed by atoms with E-state index in [1.807, 2.05) is 0 Å². The molecular weight excluding hydrogens is 150 g/mol. The van der Waals surface area contributed by atoms with Crippen LogP contribution in [0.4, 0.5) is 0 Å². The van der Waals surface area contributed by atoms with Gasteiger partial charge in [-0.2, -0.15) is 5.26 Å². The van der Waals surface area contributed by atoms with Gasteiger partial charge in [-0.15, -0.1) is 0 Å². The van der Waals surface area contributed by atoms with Gasteiger partial charge in [-0.25, -0.2) is 0 Å². The maximum absolute atomic E-state index is 8.74. The highest BCUT2D eigenvalue weighted by molar-refractivity contribution is 5.04. The molecular formula is C9H17N3. The maximum Gasteiger partial charge on any atom is 0.114 e. The fourth-order valence-corrected chi connectivity index (χ4v) is 1.68. The quantitative estimate of drug-likeness (QED) is 0.659. The van der Waals surface area contributed by atoms with Crippen molar-refractivity contribution in [2.75, 3.05) is 13.1 Å². The second-order valence-electron chi connectivity index (χ2n) is 3.99. The molecule has 0 amide bonds. The summed E-state index contributed by atoms with van der Waals surface area (Å²) in [4.78, 5) is 2.29. The maximum atomic E-state index is 8.74. The van der Waals surface area contributed by atoms with Gasteiger partial charge in [0.25, 0.3) is 0 Å². The summed E-state index contributed by atoms with van der Waals surface area (Å²) in [6.07, 6.45) is 2.48. The lowest BCUT2D eigenvalue weighted by Gasteiger charge is -2.27. The van der Waals surface area contributed by atoms with Crippen LogP contribution in [0.1, 0.15) is 26.7 Å². The Morgan fingerprint density at radius 2 is 2.42 bits per heavy atom. The summed E-state index contributed by atoms with van der Waals surface area (Å²) in [5.41, 5.74) is 5.07. The Kier molecular flexibility index (Phi) is 2.71. The molecule has 1 fully saturated rings. The Labute approximate surface area is 74.1 Å². The van der Waals surface area contributed by atoms with Crippen molar-refractivity contribution in [1.29, 1.82) is 5.26 Å². The van der Waals surface area contributed by atoms with Crippen LogP contribution in [0, 0.1) is 11.3 Å². The molecule has 0 aliphatic carbocycles. The molecule has 1 aliphatic rings. The van der Waals surface area contributed by atoms with E-state index in [1.165, 1.54) is 12.8 Å². The van der Waals surface area contributed by atoms with E-state index in [0.29, 0.717) is 12.6 Å². The van der Waals surface area contributed by atoms with Crippen LogP contribution in [0.3, 0.4) is 0 Å². The zero-order chi connectivity index (χ0) is 9.19. The first kappa shape index (κ1) is 9.50. The minimum Gasteiger partial charge on any atom is -0.313 e. The number of hydrogen-bond acceptors (Lipinski definition) is 3. The van der Waals surface area contributed by atoms with Crippen molar-refractivity contribution >= 4 is 0 Å². The van der Waals surface area contributed by atoms with Gasteiger partial charge < -0.3 is 5.73 Å². The highest BCUT2D eigenvalue weighted by Gasteiger charge is 2.27. The Bertz CT molecular complexity index is 192. The predicted octanol–water partition coefficient (Wildman–Crippen LogP) is 0.712. The Hall–Kier alpha value is -0.590. The van der Waals surface area contributed by atoms with Crippen molar-refractivity contribution in [2.45, 2.75) is 38.3 Å². The molecule has 0 radical (unpaired) electrons. The van der Waals surface area contributed by atoms with Crippen LogP contribution in [0.15, 0.2) is 0 Å². The minimum absolute atomic E-state index is 0.598. The smallest absolute Gasteiger partial charge is 0.114 e. The number of nitriles is 1.